The number of hydrogen-bond acceptors (Lipinski definition) is 7. The van der Waals surface area contributed by atoms with Crippen LogP contribution in [0.1, 0.15) is 32.3 Å². The van der Waals surface area contributed by atoms with Crippen LogP contribution >= 0.6 is 46.5 Å². The zero-order chi connectivity index (χ0) is 26.5. The van der Waals surface area contributed by atoms with E-state index in [1.54, 1.807) is 13.8 Å². The first-order valence-electron chi connectivity index (χ1n) is 12.0. The Balaban J connectivity index is 1.37. The molecule has 0 unspecified atom stereocenters. The van der Waals surface area contributed by atoms with E-state index in [4.69, 9.17) is 33.9 Å². The van der Waals surface area contributed by atoms with Crippen LogP contribution in [0.15, 0.2) is 52.2 Å². The second-order valence-corrected chi connectivity index (χ2v) is 11.9. The quantitative estimate of drug-likeness (QED) is 0.323. The maximum Gasteiger partial charge on any atom is 0.240 e. The number of carbonyl (C=O) groups excluding carboxylic acids is 2. The third kappa shape index (κ3) is 7.46. The molecule has 1 fully saturated rings. The van der Waals surface area contributed by atoms with Gasteiger partial charge < -0.3 is 11.1 Å². The van der Waals surface area contributed by atoms with E-state index in [1.807, 2.05) is 52.1 Å². The van der Waals surface area contributed by atoms with E-state index >= 15 is 0 Å². The number of nitrogens with one attached hydrogen (secondary N) is 1. The van der Waals surface area contributed by atoms with E-state index in [9.17, 15) is 9.59 Å². The zero-order valence-corrected chi connectivity index (χ0v) is 23.8. The molecule has 2 aromatic carbocycles. The van der Waals surface area contributed by atoms with Gasteiger partial charge in [0.1, 0.15) is 0 Å². The summed E-state index contributed by atoms with van der Waals surface area (Å²) in [6.07, 6.45) is 1.76. The van der Waals surface area contributed by atoms with Crippen molar-refractivity contribution in [2.24, 2.45) is 5.73 Å². The van der Waals surface area contributed by atoms with Gasteiger partial charge in [-0.25, -0.2) is 4.98 Å². The van der Waals surface area contributed by atoms with Gasteiger partial charge in [-0.3, -0.25) is 18.8 Å². The SMILES string of the molecule is CC(=O)N(Sc1nc(-c2cccc(NC(=O)[C@H](C)N)c2)cs1)C1CCN(Cc2ccc(Cl)c(Cl)c2)CC1. The molecule has 7 nitrogen and oxygen atoms in total. The topological polar surface area (TPSA) is 91.6 Å². The molecule has 4 rings (SSSR count). The van der Waals surface area contributed by atoms with Crippen molar-refractivity contribution >= 4 is 64.0 Å². The molecule has 2 amide bonds. The van der Waals surface area contributed by atoms with Gasteiger partial charge in [0.15, 0.2) is 4.34 Å². The number of amides is 2. The first-order chi connectivity index (χ1) is 17.7. The van der Waals surface area contributed by atoms with Crippen molar-refractivity contribution in [3.05, 3.63) is 63.5 Å². The summed E-state index contributed by atoms with van der Waals surface area (Å²) in [5.74, 6) is -0.225. The molecule has 0 aliphatic carbocycles. The van der Waals surface area contributed by atoms with E-state index in [0.717, 1.165) is 53.6 Å². The molecule has 196 valence electrons. The largest absolute Gasteiger partial charge is 0.325 e. The van der Waals surface area contributed by atoms with Gasteiger partial charge in [-0.05, 0) is 49.6 Å². The van der Waals surface area contributed by atoms with Crippen LogP contribution in [0.5, 0.6) is 0 Å². The summed E-state index contributed by atoms with van der Waals surface area (Å²) < 4.78 is 2.66. The molecule has 1 aliphatic heterocycles. The van der Waals surface area contributed by atoms with Crippen LogP contribution in [-0.4, -0.2) is 51.2 Å². The Bertz CT molecular complexity index is 1260. The Morgan fingerprint density at radius 3 is 2.65 bits per heavy atom. The van der Waals surface area contributed by atoms with Gasteiger partial charge in [0.25, 0.3) is 0 Å². The number of hydrogen-bond donors (Lipinski definition) is 2. The minimum absolute atomic E-state index is 0.0188. The lowest BCUT2D eigenvalue weighted by Crippen LogP contribution is -2.43. The zero-order valence-electron chi connectivity index (χ0n) is 20.6. The predicted octanol–water partition coefficient (Wildman–Crippen LogP) is 5.92. The number of piperidine rings is 1. The molecule has 1 atom stereocenters. The number of halogens is 2. The minimum atomic E-state index is -0.591. The molecule has 37 heavy (non-hydrogen) atoms. The summed E-state index contributed by atoms with van der Waals surface area (Å²) in [6, 6.07) is 12.8. The van der Waals surface area contributed by atoms with Crippen molar-refractivity contribution in [1.82, 2.24) is 14.2 Å². The summed E-state index contributed by atoms with van der Waals surface area (Å²) in [6.45, 7) is 5.82. The highest BCUT2D eigenvalue weighted by Gasteiger charge is 2.28. The van der Waals surface area contributed by atoms with Gasteiger partial charge in [-0.2, -0.15) is 0 Å². The van der Waals surface area contributed by atoms with Crippen LogP contribution in [0.2, 0.25) is 10.0 Å². The Labute approximate surface area is 235 Å². The molecular formula is C26H29Cl2N5O2S2. The van der Waals surface area contributed by atoms with Crippen LogP contribution < -0.4 is 11.1 Å². The maximum absolute atomic E-state index is 12.6. The Hall–Kier alpha value is -2.14. The first kappa shape index (κ1) is 27.9. The van der Waals surface area contributed by atoms with Crippen molar-refractivity contribution in [1.29, 1.82) is 0 Å². The van der Waals surface area contributed by atoms with E-state index < -0.39 is 6.04 Å². The molecular weight excluding hydrogens is 549 g/mol. The summed E-state index contributed by atoms with van der Waals surface area (Å²) in [5.41, 5.74) is 9.13. The highest BCUT2D eigenvalue weighted by atomic mass is 35.5. The lowest BCUT2D eigenvalue weighted by atomic mass is 10.0. The van der Waals surface area contributed by atoms with Crippen molar-refractivity contribution in [3.8, 4) is 11.3 Å². The van der Waals surface area contributed by atoms with Crippen LogP contribution in [-0.2, 0) is 16.1 Å². The number of benzene rings is 2. The summed E-state index contributed by atoms with van der Waals surface area (Å²) >= 11 is 15.1. The van der Waals surface area contributed by atoms with Crippen molar-refractivity contribution in [2.75, 3.05) is 18.4 Å². The van der Waals surface area contributed by atoms with Gasteiger partial charge in [-0.15, -0.1) is 11.3 Å². The molecule has 1 aliphatic rings. The minimum Gasteiger partial charge on any atom is -0.325 e. The predicted molar refractivity (Wildman–Crippen MR) is 153 cm³/mol. The molecule has 3 N–H and O–H groups in total. The maximum atomic E-state index is 12.6. The number of thiazole rings is 1. The van der Waals surface area contributed by atoms with E-state index in [0.29, 0.717) is 15.7 Å². The lowest BCUT2D eigenvalue weighted by Gasteiger charge is -2.37. The fourth-order valence-corrected chi connectivity index (χ4v) is 6.36. The second kappa shape index (κ2) is 12.6. The number of anilines is 1. The van der Waals surface area contributed by atoms with Crippen LogP contribution in [0.4, 0.5) is 5.69 Å². The smallest absolute Gasteiger partial charge is 0.240 e. The highest BCUT2D eigenvalue weighted by Crippen LogP contribution is 2.34. The molecule has 0 spiro atoms. The molecule has 11 heteroatoms. The summed E-state index contributed by atoms with van der Waals surface area (Å²) in [5, 5.41) is 5.90. The summed E-state index contributed by atoms with van der Waals surface area (Å²) in [7, 11) is 0. The average molecular weight is 579 g/mol. The number of nitrogens with two attached hydrogens (primary N) is 1. The fourth-order valence-electron chi connectivity index (χ4n) is 4.13. The molecule has 0 radical (unpaired) electrons. The fraction of sp³-hybridized carbons (Fsp3) is 0.346. The third-order valence-corrected chi connectivity index (χ3v) is 8.97. The summed E-state index contributed by atoms with van der Waals surface area (Å²) in [4.78, 5) is 31.6. The van der Waals surface area contributed by atoms with Crippen molar-refractivity contribution < 1.29 is 9.59 Å². The van der Waals surface area contributed by atoms with Crippen molar-refractivity contribution in [3.63, 3.8) is 0 Å². The number of rotatable bonds is 8. The molecule has 1 saturated heterocycles. The van der Waals surface area contributed by atoms with E-state index in [1.165, 1.54) is 23.3 Å². The molecule has 3 aromatic rings. The number of aromatic nitrogens is 1. The molecule has 1 aromatic heterocycles. The Kier molecular flexibility index (Phi) is 9.50. The van der Waals surface area contributed by atoms with E-state index in [-0.39, 0.29) is 17.9 Å². The molecule has 2 heterocycles. The number of nitrogens with zero attached hydrogens (tertiary/aromatic N) is 3. The Morgan fingerprint density at radius 2 is 1.97 bits per heavy atom. The van der Waals surface area contributed by atoms with Gasteiger partial charge in [-0.1, -0.05) is 41.4 Å². The van der Waals surface area contributed by atoms with E-state index in [2.05, 4.69) is 10.2 Å². The van der Waals surface area contributed by atoms with Crippen molar-refractivity contribution in [2.45, 2.75) is 49.7 Å². The van der Waals surface area contributed by atoms with Crippen LogP contribution in [0, 0.1) is 0 Å². The standard InChI is InChI=1S/C26H29Cl2N5O2S2/c1-16(29)25(35)30-20-5-3-4-19(13-20)24-15-36-26(31-24)37-33(17(2)34)21-8-10-32(11-9-21)14-18-6-7-22(27)23(28)12-18/h3-7,12-13,15-16,21H,8-11,14,29H2,1-2H3,(H,30,35)/t16-/m0/s1. The van der Waals surface area contributed by atoms with Gasteiger partial charge in [0.05, 0.1) is 21.8 Å². The first-order valence-corrected chi connectivity index (χ1v) is 14.4. The Morgan fingerprint density at radius 1 is 1.22 bits per heavy atom. The second-order valence-electron chi connectivity index (χ2n) is 9.05. The number of likely N-dealkylation sites (tertiary alicyclic amines) is 1. The normalized spacial score (nSPS) is 15.4. The monoisotopic (exact) mass is 577 g/mol. The molecule has 0 saturated carbocycles. The van der Waals surface area contributed by atoms with Crippen LogP contribution in [0.25, 0.3) is 11.3 Å². The van der Waals surface area contributed by atoms with Gasteiger partial charge in [0.2, 0.25) is 11.8 Å². The van der Waals surface area contributed by atoms with Crippen LogP contribution in [0.3, 0.4) is 0 Å². The van der Waals surface area contributed by atoms with Gasteiger partial charge >= 0.3 is 0 Å². The average Bonchev–Trinajstić information content (AvgIpc) is 3.34. The third-order valence-electron chi connectivity index (χ3n) is 6.09. The molecule has 0 bridgehead atoms. The van der Waals surface area contributed by atoms with Gasteiger partial charge in [0, 0.05) is 61.2 Å². The number of carbonyl (C=O) groups is 2. The lowest BCUT2D eigenvalue weighted by molar-refractivity contribution is -0.125. The highest BCUT2D eigenvalue weighted by molar-refractivity contribution is 7.99.